The van der Waals surface area contributed by atoms with Gasteiger partial charge >= 0.3 is 0 Å². The Hall–Kier alpha value is -0.540. The lowest BCUT2D eigenvalue weighted by atomic mass is 9.85. The predicted octanol–water partition coefficient (Wildman–Crippen LogP) is 1.96. The first-order valence-electron chi connectivity index (χ1n) is 5.15. The van der Waals surface area contributed by atoms with Crippen LogP contribution in [0.3, 0.4) is 0 Å². The van der Waals surface area contributed by atoms with Gasteiger partial charge in [-0.15, -0.1) is 0 Å². The van der Waals surface area contributed by atoms with Crippen molar-refractivity contribution in [1.29, 1.82) is 0 Å². The molecule has 0 amide bonds. The van der Waals surface area contributed by atoms with Crippen LogP contribution in [0.2, 0.25) is 0 Å². The summed E-state index contributed by atoms with van der Waals surface area (Å²) in [5, 5.41) is 9.83. The second kappa shape index (κ2) is 5.37. The summed E-state index contributed by atoms with van der Waals surface area (Å²) in [6.07, 6.45) is 1.54. The van der Waals surface area contributed by atoms with E-state index in [4.69, 9.17) is 11.5 Å². The maximum absolute atomic E-state index is 9.83. The number of rotatable bonds is 6. The number of allylic oxidation sites excluding steroid dienone is 1. The van der Waals surface area contributed by atoms with Gasteiger partial charge in [0.05, 0.1) is 5.60 Å². The Morgan fingerprint density at radius 2 is 2.07 bits per heavy atom. The molecule has 0 bridgehead atoms. The molecule has 0 radical (unpaired) electrons. The van der Waals surface area contributed by atoms with Crippen molar-refractivity contribution in [3.05, 3.63) is 12.3 Å². The van der Waals surface area contributed by atoms with Crippen LogP contribution in [0, 0.1) is 11.8 Å². The summed E-state index contributed by atoms with van der Waals surface area (Å²) >= 11 is 0. The fourth-order valence-corrected chi connectivity index (χ4v) is 1.55. The lowest BCUT2D eigenvalue weighted by Gasteiger charge is -2.28. The number of hydrogen-bond donors (Lipinski definition) is 3. The summed E-state index contributed by atoms with van der Waals surface area (Å²) in [6.45, 7) is 10.0. The molecule has 3 heteroatoms. The van der Waals surface area contributed by atoms with E-state index in [1.165, 1.54) is 0 Å². The zero-order valence-electron chi connectivity index (χ0n) is 9.59. The van der Waals surface area contributed by atoms with Gasteiger partial charge in [-0.25, -0.2) is 0 Å². The van der Waals surface area contributed by atoms with Crippen LogP contribution in [0.15, 0.2) is 12.3 Å². The Kier molecular flexibility index (Phi) is 5.16. The highest BCUT2D eigenvalue weighted by molar-refractivity contribution is 4.98. The minimum Gasteiger partial charge on any atom is -0.402 e. The topological polar surface area (TPSA) is 72.3 Å². The molecule has 0 aromatic carbocycles. The summed E-state index contributed by atoms with van der Waals surface area (Å²) in [5.41, 5.74) is 11.0. The van der Waals surface area contributed by atoms with Crippen molar-refractivity contribution in [3.8, 4) is 0 Å². The average molecular weight is 206 g/mol. The van der Waals surface area contributed by atoms with Crippen LogP contribution in [-0.4, -0.2) is 17.3 Å². The monoisotopic (exact) mass is 206 g/mol. The lowest BCUT2D eigenvalue weighted by Crippen LogP contribution is -2.37. The molecule has 0 saturated heterocycles. The Bertz CT molecular complexity index is 199. The minimum atomic E-state index is -0.831. The number of hydrogen-bond acceptors (Lipinski definition) is 3. The third-order valence-corrected chi connectivity index (χ3v) is 2.41. The molecule has 0 aliphatic heterocycles. The minimum absolute atomic E-state index is 0. The molecule has 14 heavy (non-hydrogen) atoms. The van der Waals surface area contributed by atoms with Crippen LogP contribution < -0.4 is 11.5 Å². The van der Waals surface area contributed by atoms with Crippen molar-refractivity contribution < 1.29 is 9.39 Å². The summed E-state index contributed by atoms with van der Waals surface area (Å²) < 4.78 is 0. The van der Waals surface area contributed by atoms with E-state index in [0.29, 0.717) is 18.0 Å². The van der Waals surface area contributed by atoms with Crippen molar-refractivity contribution >= 4 is 0 Å². The maximum Gasteiger partial charge on any atom is 0.0747 e. The van der Waals surface area contributed by atoms with Gasteiger partial charge in [-0.05, 0) is 25.7 Å². The first-order chi connectivity index (χ1) is 6.28. The van der Waals surface area contributed by atoms with Crippen molar-refractivity contribution in [2.75, 3.05) is 6.54 Å². The molecule has 0 aromatic heterocycles. The molecule has 0 aliphatic carbocycles. The first kappa shape index (κ1) is 13.5. The molecule has 0 aliphatic rings. The summed E-state index contributed by atoms with van der Waals surface area (Å²) in [6, 6.07) is 0. The number of nitrogens with two attached hydrogens (primary N) is 2. The molecule has 3 nitrogen and oxygen atoms in total. The van der Waals surface area contributed by atoms with Crippen LogP contribution in [0.5, 0.6) is 0 Å². The van der Waals surface area contributed by atoms with E-state index >= 15 is 0 Å². The zero-order valence-corrected chi connectivity index (χ0v) is 9.59. The molecule has 0 spiro atoms. The second-order valence-corrected chi connectivity index (χ2v) is 4.81. The third-order valence-electron chi connectivity index (χ3n) is 2.41. The van der Waals surface area contributed by atoms with Crippen LogP contribution in [0.25, 0.3) is 0 Å². The van der Waals surface area contributed by atoms with E-state index in [1.807, 2.05) is 0 Å². The molecule has 90 valence electrons. The Labute approximate surface area is 91.6 Å². The SMILES string of the molecule is C=C(N)[C@H](CC(C)C)CC(C)(O)CN.[HH].[HH].[HH]. The van der Waals surface area contributed by atoms with E-state index in [-0.39, 0.29) is 16.7 Å². The fraction of sp³-hybridized carbons (Fsp3) is 0.818. The average Bonchev–Trinajstić information content (AvgIpc) is 2.02. The Morgan fingerprint density at radius 1 is 1.57 bits per heavy atom. The van der Waals surface area contributed by atoms with Crippen molar-refractivity contribution in [2.24, 2.45) is 23.3 Å². The summed E-state index contributed by atoms with van der Waals surface area (Å²) in [4.78, 5) is 0. The van der Waals surface area contributed by atoms with Gasteiger partial charge in [-0.3, -0.25) is 0 Å². The quantitative estimate of drug-likeness (QED) is 0.622. The van der Waals surface area contributed by atoms with Gasteiger partial charge < -0.3 is 16.6 Å². The zero-order chi connectivity index (χ0) is 11.4. The van der Waals surface area contributed by atoms with Crippen LogP contribution in [0.1, 0.15) is 37.9 Å². The Balaban J connectivity index is -0.000000282. The summed E-state index contributed by atoms with van der Waals surface area (Å²) in [7, 11) is 0. The summed E-state index contributed by atoms with van der Waals surface area (Å²) in [5.74, 6) is 0.711. The predicted molar refractivity (Wildman–Crippen MR) is 66.9 cm³/mol. The van der Waals surface area contributed by atoms with Gasteiger partial charge in [0.1, 0.15) is 0 Å². The molecule has 1 unspecified atom stereocenters. The van der Waals surface area contributed by atoms with Gasteiger partial charge in [0, 0.05) is 22.4 Å². The highest BCUT2D eigenvalue weighted by Crippen LogP contribution is 2.25. The fourth-order valence-electron chi connectivity index (χ4n) is 1.55. The molecule has 2 atom stereocenters. The highest BCUT2D eigenvalue weighted by Gasteiger charge is 2.25. The molecule has 0 fully saturated rings. The largest absolute Gasteiger partial charge is 0.402 e. The van der Waals surface area contributed by atoms with Gasteiger partial charge in [-0.2, -0.15) is 0 Å². The molecule has 0 heterocycles. The first-order valence-corrected chi connectivity index (χ1v) is 5.15. The van der Waals surface area contributed by atoms with Crippen LogP contribution >= 0.6 is 0 Å². The van der Waals surface area contributed by atoms with E-state index < -0.39 is 5.60 Å². The third kappa shape index (κ3) is 5.25. The van der Waals surface area contributed by atoms with E-state index in [2.05, 4.69) is 20.4 Å². The van der Waals surface area contributed by atoms with Crippen molar-refractivity contribution in [2.45, 2.75) is 39.2 Å². The molecule has 0 rings (SSSR count). The van der Waals surface area contributed by atoms with Gasteiger partial charge in [-0.1, -0.05) is 20.4 Å². The number of aliphatic hydroxyl groups is 1. The Morgan fingerprint density at radius 3 is 2.36 bits per heavy atom. The van der Waals surface area contributed by atoms with Crippen LogP contribution in [0.4, 0.5) is 0 Å². The molecular weight excluding hydrogens is 176 g/mol. The van der Waals surface area contributed by atoms with Gasteiger partial charge in [0.15, 0.2) is 0 Å². The lowest BCUT2D eigenvalue weighted by molar-refractivity contribution is 0.0442. The van der Waals surface area contributed by atoms with E-state index in [9.17, 15) is 5.11 Å². The standard InChI is InChI=1S/C11H24N2O.3H2/c1-8(2)5-10(9(3)13)6-11(4,14)7-12;;;/h8,10,14H,3,5-7,12-13H2,1-2,4H3;3*1H/t10-,11?;;;/m1.../s1. The second-order valence-electron chi connectivity index (χ2n) is 4.81. The normalized spacial score (nSPS) is 17.9. The van der Waals surface area contributed by atoms with Gasteiger partial charge in [0.25, 0.3) is 0 Å². The molecule has 0 aromatic rings. The van der Waals surface area contributed by atoms with Crippen molar-refractivity contribution in [3.63, 3.8) is 0 Å². The van der Waals surface area contributed by atoms with E-state index in [1.54, 1.807) is 6.92 Å². The van der Waals surface area contributed by atoms with Gasteiger partial charge in [0.2, 0.25) is 0 Å². The molecular formula is C11H30N2O. The molecule has 5 N–H and O–H groups in total. The van der Waals surface area contributed by atoms with Crippen LogP contribution in [-0.2, 0) is 0 Å². The maximum atomic E-state index is 9.83. The van der Waals surface area contributed by atoms with Crippen molar-refractivity contribution in [1.82, 2.24) is 0 Å². The highest BCUT2D eigenvalue weighted by atomic mass is 16.3. The smallest absolute Gasteiger partial charge is 0.0747 e. The molecule has 0 saturated carbocycles. The van der Waals surface area contributed by atoms with E-state index in [0.717, 1.165) is 6.42 Å².